The molecule has 116 valence electrons. The van der Waals surface area contributed by atoms with Crippen molar-refractivity contribution in [1.29, 1.82) is 0 Å². The number of primary amides is 1. The van der Waals surface area contributed by atoms with Gasteiger partial charge >= 0.3 is 5.97 Å². The van der Waals surface area contributed by atoms with Gasteiger partial charge in [0.15, 0.2) is 0 Å². The van der Waals surface area contributed by atoms with Gasteiger partial charge in [0, 0.05) is 11.9 Å². The lowest BCUT2D eigenvalue weighted by Crippen LogP contribution is -2.43. The Balaban J connectivity index is 2.08. The van der Waals surface area contributed by atoms with Crippen molar-refractivity contribution in [1.82, 2.24) is 14.7 Å². The highest BCUT2D eigenvalue weighted by atomic mass is 16.4. The Kier molecular flexibility index (Phi) is 4.40. The van der Waals surface area contributed by atoms with Gasteiger partial charge in [-0.25, -0.2) is 9.78 Å². The van der Waals surface area contributed by atoms with Crippen molar-refractivity contribution in [3.63, 3.8) is 0 Å². The largest absolute Gasteiger partial charge is 0.480 e. The molecule has 0 radical (unpaired) electrons. The van der Waals surface area contributed by atoms with Crippen LogP contribution in [0.2, 0.25) is 0 Å². The summed E-state index contributed by atoms with van der Waals surface area (Å²) in [5, 5.41) is 11.2. The quantitative estimate of drug-likeness (QED) is 0.671. The molecule has 8 nitrogen and oxygen atoms in total. The molecule has 2 rings (SSSR count). The van der Waals surface area contributed by atoms with Crippen LogP contribution in [0.3, 0.4) is 0 Å². The topological polar surface area (TPSA) is 127 Å². The molecule has 0 aliphatic rings. The zero-order chi connectivity index (χ0) is 16.3. The number of carboxylic acids is 1. The zero-order valence-corrected chi connectivity index (χ0v) is 11.9. The summed E-state index contributed by atoms with van der Waals surface area (Å²) in [5.41, 5.74) is 7.14. The normalized spacial score (nSPS) is 12.0. The third-order valence-corrected chi connectivity index (χ3v) is 3.13. The summed E-state index contributed by atoms with van der Waals surface area (Å²) in [6.07, 6.45) is 1.18. The number of carboxylic acid groups (broad SMARTS) is 1. The molecule has 0 aliphatic carbocycles. The van der Waals surface area contributed by atoms with E-state index < -0.39 is 30.2 Å². The first-order valence-corrected chi connectivity index (χ1v) is 6.61. The molecule has 1 unspecified atom stereocenters. The van der Waals surface area contributed by atoms with Crippen LogP contribution in [0.4, 0.5) is 0 Å². The number of hydrogen-bond donors (Lipinski definition) is 3. The highest BCUT2D eigenvalue weighted by Crippen LogP contribution is 2.09. The maximum Gasteiger partial charge on any atom is 0.326 e. The predicted molar refractivity (Wildman–Crippen MR) is 77.0 cm³/mol. The van der Waals surface area contributed by atoms with Crippen LogP contribution in [-0.4, -0.2) is 38.3 Å². The summed E-state index contributed by atoms with van der Waals surface area (Å²) in [7, 11) is 0. The smallest absolute Gasteiger partial charge is 0.326 e. The van der Waals surface area contributed by atoms with E-state index in [0.29, 0.717) is 11.3 Å². The van der Waals surface area contributed by atoms with Crippen molar-refractivity contribution in [2.45, 2.75) is 25.8 Å². The molecule has 0 spiro atoms. The average molecular weight is 304 g/mol. The maximum absolute atomic E-state index is 11.9. The van der Waals surface area contributed by atoms with E-state index in [1.165, 1.54) is 0 Å². The second-order valence-corrected chi connectivity index (χ2v) is 4.93. The molecule has 0 fully saturated rings. The standard InChI is InChI=1S/C14H16N4O4/c1-8-3-2-4-12-16-9(7-18(8)12)5-13(20)17-10(14(21)22)6-11(15)19/h2-4,7,10H,5-6H2,1H3,(H2,15,19)(H,17,20)(H,21,22). The number of carbonyl (C=O) groups is 3. The number of imidazole rings is 1. The number of nitrogens with one attached hydrogen (secondary N) is 1. The number of nitrogens with zero attached hydrogens (tertiary/aromatic N) is 2. The molecule has 2 aromatic heterocycles. The highest BCUT2D eigenvalue weighted by Gasteiger charge is 2.22. The fourth-order valence-corrected chi connectivity index (χ4v) is 2.10. The van der Waals surface area contributed by atoms with Crippen LogP contribution in [0, 0.1) is 6.92 Å². The van der Waals surface area contributed by atoms with Crippen LogP contribution in [-0.2, 0) is 20.8 Å². The first kappa shape index (κ1) is 15.5. The number of hydrogen-bond acceptors (Lipinski definition) is 4. The van der Waals surface area contributed by atoms with Crippen molar-refractivity contribution in [2.24, 2.45) is 5.73 Å². The van der Waals surface area contributed by atoms with Gasteiger partial charge in [-0.3, -0.25) is 9.59 Å². The molecular weight excluding hydrogens is 288 g/mol. The second kappa shape index (κ2) is 6.25. The molecule has 0 saturated carbocycles. The molecule has 2 aromatic rings. The Hall–Kier alpha value is -2.90. The van der Waals surface area contributed by atoms with E-state index in [1.54, 1.807) is 6.20 Å². The van der Waals surface area contributed by atoms with Crippen LogP contribution in [0.25, 0.3) is 5.65 Å². The molecular formula is C14H16N4O4. The molecule has 22 heavy (non-hydrogen) atoms. The first-order valence-electron chi connectivity index (χ1n) is 6.61. The van der Waals surface area contributed by atoms with Crippen molar-refractivity contribution in [3.8, 4) is 0 Å². The van der Waals surface area contributed by atoms with E-state index in [2.05, 4.69) is 10.3 Å². The molecule has 0 saturated heterocycles. The molecule has 2 amide bonds. The summed E-state index contributed by atoms with van der Waals surface area (Å²) in [6.45, 7) is 1.91. The van der Waals surface area contributed by atoms with Crippen LogP contribution in [0.15, 0.2) is 24.4 Å². The van der Waals surface area contributed by atoms with E-state index in [4.69, 9.17) is 10.8 Å². The predicted octanol–water partition coefficient (Wildman–Crippen LogP) is -0.370. The summed E-state index contributed by atoms with van der Waals surface area (Å²) in [6, 6.07) is 4.24. The summed E-state index contributed by atoms with van der Waals surface area (Å²) >= 11 is 0. The number of nitrogens with two attached hydrogens (primary N) is 1. The van der Waals surface area contributed by atoms with Crippen molar-refractivity contribution in [2.75, 3.05) is 0 Å². The zero-order valence-electron chi connectivity index (χ0n) is 11.9. The Morgan fingerprint density at radius 2 is 2.14 bits per heavy atom. The highest BCUT2D eigenvalue weighted by molar-refractivity contribution is 5.88. The molecule has 1 atom stereocenters. The minimum atomic E-state index is -1.33. The van der Waals surface area contributed by atoms with E-state index in [9.17, 15) is 14.4 Å². The average Bonchev–Trinajstić information content (AvgIpc) is 2.81. The molecule has 4 N–H and O–H groups in total. The van der Waals surface area contributed by atoms with Gasteiger partial charge in [0.05, 0.1) is 18.5 Å². The van der Waals surface area contributed by atoms with E-state index in [0.717, 1.165) is 5.69 Å². The Labute approximate surface area is 125 Å². The van der Waals surface area contributed by atoms with Gasteiger partial charge in [-0.1, -0.05) is 6.07 Å². The van der Waals surface area contributed by atoms with Gasteiger partial charge < -0.3 is 20.6 Å². The Morgan fingerprint density at radius 3 is 2.73 bits per heavy atom. The van der Waals surface area contributed by atoms with Gasteiger partial charge in [-0.15, -0.1) is 0 Å². The Bertz CT molecular complexity index is 738. The van der Waals surface area contributed by atoms with Gasteiger partial charge in [0.2, 0.25) is 11.8 Å². The minimum Gasteiger partial charge on any atom is -0.480 e. The summed E-state index contributed by atoms with van der Waals surface area (Å²) in [5.74, 6) is -2.64. The van der Waals surface area contributed by atoms with Gasteiger partial charge in [-0.2, -0.15) is 0 Å². The van der Waals surface area contributed by atoms with E-state index >= 15 is 0 Å². The molecule has 2 heterocycles. The number of fused-ring (bicyclic) bond motifs is 1. The first-order chi connectivity index (χ1) is 10.4. The SMILES string of the molecule is Cc1cccc2nc(CC(=O)NC(CC(N)=O)C(=O)O)cn12. The van der Waals surface area contributed by atoms with E-state index in [1.807, 2.05) is 29.5 Å². The number of carbonyl (C=O) groups excluding carboxylic acids is 2. The number of aromatic nitrogens is 2. The van der Waals surface area contributed by atoms with Crippen molar-refractivity contribution in [3.05, 3.63) is 35.8 Å². The third kappa shape index (κ3) is 3.60. The number of rotatable bonds is 6. The number of aliphatic carboxylic acids is 1. The van der Waals surface area contributed by atoms with Gasteiger partial charge in [0.25, 0.3) is 0 Å². The van der Waals surface area contributed by atoms with E-state index in [-0.39, 0.29) is 6.42 Å². The number of aryl methyl sites for hydroxylation is 1. The van der Waals surface area contributed by atoms with Gasteiger partial charge in [0.1, 0.15) is 11.7 Å². The number of amides is 2. The molecule has 0 aromatic carbocycles. The van der Waals surface area contributed by atoms with Crippen LogP contribution in [0.1, 0.15) is 17.8 Å². The monoisotopic (exact) mass is 304 g/mol. The molecule has 0 aliphatic heterocycles. The number of pyridine rings is 1. The van der Waals surface area contributed by atoms with Crippen molar-refractivity contribution < 1.29 is 19.5 Å². The van der Waals surface area contributed by atoms with Gasteiger partial charge in [-0.05, 0) is 19.1 Å². The maximum atomic E-state index is 11.9. The lowest BCUT2D eigenvalue weighted by molar-refractivity contribution is -0.143. The summed E-state index contributed by atoms with van der Waals surface area (Å²) in [4.78, 5) is 38.0. The summed E-state index contributed by atoms with van der Waals surface area (Å²) < 4.78 is 1.83. The fraction of sp³-hybridized carbons (Fsp3) is 0.286. The lowest BCUT2D eigenvalue weighted by Gasteiger charge is -2.11. The van der Waals surface area contributed by atoms with Crippen molar-refractivity contribution >= 4 is 23.4 Å². The van der Waals surface area contributed by atoms with Crippen LogP contribution >= 0.6 is 0 Å². The minimum absolute atomic E-state index is 0.0797. The molecule has 0 bridgehead atoms. The lowest BCUT2D eigenvalue weighted by atomic mass is 10.2. The third-order valence-electron chi connectivity index (χ3n) is 3.13. The molecule has 8 heteroatoms. The van der Waals surface area contributed by atoms with Crippen LogP contribution in [0.5, 0.6) is 0 Å². The second-order valence-electron chi connectivity index (χ2n) is 4.93. The fourth-order valence-electron chi connectivity index (χ4n) is 2.10. The Morgan fingerprint density at radius 1 is 1.41 bits per heavy atom. The van der Waals surface area contributed by atoms with Crippen LogP contribution < -0.4 is 11.1 Å².